The molecule has 0 atom stereocenters. The molecule has 3 nitrogen and oxygen atoms in total. The molecule has 0 aliphatic heterocycles. The largest absolute Gasteiger partial charge is 0.507 e. The molecule has 0 amide bonds. The zero-order valence-corrected chi connectivity index (χ0v) is 8.26. The standard InChI is InChI=1S/C8H10BrNO2/c1-12-8-5(4-10)2-3-6(11)7(8)9/h2-3,11H,4,10H2,1H3. The predicted octanol–water partition coefficient (Wildman–Crippen LogP) is 1.62. The Balaban J connectivity index is 3.25. The zero-order valence-electron chi connectivity index (χ0n) is 6.67. The number of phenolic OH excluding ortho intramolecular Hbond substituents is 1. The Morgan fingerprint density at radius 1 is 1.58 bits per heavy atom. The third-order valence-corrected chi connectivity index (χ3v) is 2.35. The molecule has 0 saturated carbocycles. The molecule has 3 N–H and O–H groups in total. The molecule has 0 aromatic heterocycles. The zero-order chi connectivity index (χ0) is 9.14. The fourth-order valence-corrected chi connectivity index (χ4v) is 1.52. The number of aromatic hydroxyl groups is 1. The van der Waals surface area contributed by atoms with Crippen LogP contribution in [0.1, 0.15) is 5.56 Å². The highest BCUT2D eigenvalue weighted by atomic mass is 79.9. The lowest BCUT2D eigenvalue weighted by atomic mass is 10.2. The van der Waals surface area contributed by atoms with Crippen molar-refractivity contribution in [1.82, 2.24) is 0 Å². The van der Waals surface area contributed by atoms with Crippen LogP contribution < -0.4 is 10.5 Å². The molecular formula is C8H10BrNO2. The SMILES string of the molecule is COc1c(CN)ccc(O)c1Br. The average Bonchev–Trinajstić information content (AvgIpc) is 2.09. The number of ether oxygens (including phenoxy) is 1. The third kappa shape index (κ3) is 1.54. The van der Waals surface area contributed by atoms with Crippen LogP contribution in [0.25, 0.3) is 0 Å². The molecule has 0 unspecified atom stereocenters. The van der Waals surface area contributed by atoms with Crippen molar-refractivity contribution in [2.75, 3.05) is 7.11 Å². The molecule has 0 radical (unpaired) electrons. The summed E-state index contributed by atoms with van der Waals surface area (Å²) < 4.78 is 5.61. The monoisotopic (exact) mass is 231 g/mol. The van der Waals surface area contributed by atoms with Crippen molar-refractivity contribution in [1.29, 1.82) is 0 Å². The van der Waals surface area contributed by atoms with Crippen LogP contribution in [-0.2, 0) is 6.54 Å². The second-order valence-corrected chi connectivity index (χ2v) is 3.09. The number of nitrogens with two attached hydrogens (primary N) is 1. The van der Waals surface area contributed by atoms with Gasteiger partial charge in [0.1, 0.15) is 16.0 Å². The van der Waals surface area contributed by atoms with E-state index in [1.807, 2.05) is 0 Å². The number of phenols is 1. The minimum Gasteiger partial charge on any atom is -0.507 e. The van der Waals surface area contributed by atoms with Crippen molar-refractivity contribution in [3.8, 4) is 11.5 Å². The van der Waals surface area contributed by atoms with Gasteiger partial charge in [-0.15, -0.1) is 0 Å². The summed E-state index contributed by atoms with van der Waals surface area (Å²) in [6, 6.07) is 3.31. The number of hydrogen-bond acceptors (Lipinski definition) is 3. The van der Waals surface area contributed by atoms with Crippen LogP contribution in [0.2, 0.25) is 0 Å². The van der Waals surface area contributed by atoms with E-state index in [-0.39, 0.29) is 5.75 Å². The number of rotatable bonds is 2. The van der Waals surface area contributed by atoms with E-state index in [4.69, 9.17) is 10.5 Å². The van der Waals surface area contributed by atoms with E-state index in [0.717, 1.165) is 5.56 Å². The van der Waals surface area contributed by atoms with E-state index in [0.29, 0.717) is 16.8 Å². The maximum absolute atomic E-state index is 9.28. The fraction of sp³-hybridized carbons (Fsp3) is 0.250. The van der Waals surface area contributed by atoms with Gasteiger partial charge in [-0.1, -0.05) is 6.07 Å². The van der Waals surface area contributed by atoms with E-state index in [9.17, 15) is 5.11 Å². The molecule has 0 bridgehead atoms. The van der Waals surface area contributed by atoms with Gasteiger partial charge in [-0.05, 0) is 22.0 Å². The predicted molar refractivity (Wildman–Crippen MR) is 50.3 cm³/mol. The summed E-state index contributed by atoms with van der Waals surface area (Å²) in [5.41, 5.74) is 6.33. The Labute approximate surface area is 79.3 Å². The van der Waals surface area contributed by atoms with Crippen LogP contribution in [0.15, 0.2) is 16.6 Å². The summed E-state index contributed by atoms with van der Waals surface area (Å²) in [6.45, 7) is 0.391. The van der Waals surface area contributed by atoms with Crippen LogP contribution in [0.4, 0.5) is 0 Å². The summed E-state index contributed by atoms with van der Waals surface area (Å²) in [6.07, 6.45) is 0. The highest BCUT2D eigenvalue weighted by Gasteiger charge is 2.09. The molecule has 0 heterocycles. The molecule has 12 heavy (non-hydrogen) atoms. The van der Waals surface area contributed by atoms with Crippen LogP contribution in [0.5, 0.6) is 11.5 Å². The summed E-state index contributed by atoms with van der Waals surface area (Å²) in [5.74, 6) is 0.751. The van der Waals surface area contributed by atoms with E-state index in [1.54, 1.807) is 19.2 Å². The molecule has 1 rings (SSSR count). The quantitative estimate of drug-likeness (QED) is 0.814. The van der Waals surface area contributed by atoms with E-state index >= 15 is 0 Å². The first-order valence-corrected chi connectivity index (χ1v) is 4.24. The number of hydrogen-bond donors (Lipinski definition) is 2. The number of halogens is 1. The second kappa shape index (κ2) is 3.78. The summed E-state index contributed by atoms with van der Waals surface area (Å²) >= 11 is 3.20. The summed E-state index contributed by atoms with van der Waals surface area (Å²) in [5, 5.41) is 9.28. The number of methoxy groups -OCH3 is 1. The van der Waals surface area contributed by atoms with Gasteiger partial charge < -0.3 is 15.6 Å². The maximum Gasteiger partial charge on any atom is 0.141 e. The molecule has 4 heteroatoms. The van der Waals surface area contributed by atoms with Crippen molar-refractivity contribution < 1.29 is 9.84 Å². The summed E-state index contributed by atoms with van der Waals surface area (Å²) in [4.78, 5) is 0. The Kier molecular flexibility index (Phi) is 2.94. The van der Waals surface area contributed by atoms with E-state index < -0.39 is 0 Å². The lowest BCUT2D eigenvalue weighted by Gasteiger charge is -2.09. The lowest BCUT2D eigenvalue weighted by molar-refractivity contribution is 0.398. The van der Waals surface area contributed by atoms with Gasteiger partial charge in [0.2, 0.25) is 0 Å². The lowest BCUT2D eigenvalue weighted by Crippen LogP contribution is -2.00. The highest BCUT2D eigenvalue weighted by Crippen LogP contribution is 2.35. The molecule has 0 aliphatic rings. The summed E-state index contributed by atoms with van der Waals surface area (Å²) in [7, 11) is 1.54. The smallest absolute Gasteiger partial charge is 0.141 e. The Morgan fingerprint density at radius 2 is 2.25 bits per heavy atom. The third-order valence-electron chi connectivity index (χ3n) is 1.58. The van der Waals surface area contributed by atoms with E-state index in [1.165, 1.54) is 0 Å². The molecular weight excluding hydrogens is 222 g/mol. The topological polar surface area (TPSA) is 55.5 Å². The average molecular weight is 232 g/mol. The van der Waals surface area contributed by atoms with E-state index in [2.05, 4.69) is 15.9 Å². The van der Waals surface area contributed by atoms with Crippen molar-refractivity contribution in [3.05, 3.63) is 22.2 Å². The van der Waals surface area contributed by atoms with Crippen molar-refractivity contribution >= 4 is 15.9 Å². The van der Waals surface area contributed by atoms with Crippen molar-refractivity contribution in [2.45, 2.75) is 6.54 Å². The first-order valence-electron chi connectivity index (χ1n) is 3.45. The van der Waals surface area contributed by atoms with Gasteiger partial charge in [0, 0.05) is 12.1 Å². The Hall–Kier alpha value is -0.740. The van der Waals surface area contributed by atoms with Crippen LogP contribution >= 0.6 is 15.9 Å². The second-order valence-electron chi connectivity index (χ2n) is 2.30. The molecule has 0 fully saturated rings. The van der Waals surface area contributed by atoms with Gasteiger partial charge in [0.05, 0.1) is 7.11 Å². The van der Waals surface area contributed by atoms with Crippen molar-refractivity contribution in [3.63, 3.8) is 0 Å². The minimum absolute atomic E-state index is 0.157. The first-order chi connectivity index (χ1) is 5.70. The number of benzene rings is 1. The van der Waals surface area contributed by atoms with Gasteiger partial charge >= 0.3 is 0 Å². The normalized spacial score (nSPS) is 9.92. The van der Waals surface area contributed by atoms with Crippen LogP contribution in [0, 0.1) is 0 Å². The molecule has 0 spiro atoms. The highest BCUT2D eigenvalue weighted by molar-refractivity contribution is 9.10. The fourth-order valence-electron chi connectivity index (χ4n) is 0.967. The molecule has 1 aromatic rings. The van der Waals surface area contributed by atoms with Gasteiger partial charge in [-0.3, -0.25) is 0 Å². The molecule has 1 aromatic carbocycles. The van der Waals surface area contributed by atoms with Gasteiger partial charge in [0.15, 0.2) is 0 Å². The van der Waals surface area contributed by atoms with Crippen LogP contribution in [0.3, 0.4) is 0 Å². The molecule has 0 aliphatic carbocycles. The van der Waals surface area contributed by atoms with Crippen molar-refractivity contribution in [2.24, 2.45) is 5.73 Å². The first kappa shape index (κ1) is 9.35. The molecule has 66 valence electrons. The maximum atomic E-state index is 9.28. The Bertz CT molecular complexity index is 289. The van der Waals surface area contributed by atoms with Crippen LogP contribution in [-0.4, -0.2) is 12.2 Å². The Morgan fingerprint density at radius 3 is 2.75 bits per heavy atom. The van der Waals surface area contributed by atoms with Gasteiger partial charge in [0.25, 0.3) is 0 Å². The minimum atomic E-state index is 0.157. The van der Waals surface area contributed by atoms with Gasteiger partial charge in [-0.2, -0.15) is 0 Å². The molecule has 0 saturated heterocycles. The van der Waals surface area contributed by atoms with Gasteiger partial charge in [-0.25, -0.2) is 0 Å².